The zero-order chi connectivity index (χ0) is 18.1. The summed E-state index contributed by atoms with van der Waals surface area (Å²) in [5.41, 5.74) is 7.68. The van der Waals surface area contributed by atoms with Gasteiger partial charge in [0, 0.05) is 19.0 Å². The van der Waals surface area contributed by atoms with Crippen LogP contribution >= 0.6 is 12.4 Å². The van der Waals surface area contributed by atoms with Crippen molar-refractivity contribution in [3.63, 3.8) is 0 Å². The Labute approximate surface area is 161 Å². The fourth-order valence-electron chi connectivity index (χ4n) is 2.51. The van der Waals surface area contributed by atoms with Crippen molar-refractivity contribution in [1.29, 1.82) is 0 Å². The topological polar surface area (TPSA) is 89.3 Å². The van der Waals surface area contributed by atoms with E-state index in [0.717, 1.165) is 11.1 Å². The molecule has 0 aliphatic rings. The molecular weight excluding hydrogens is 372 g/mol. The number of carbonyl (C=O) groups excluding carboxylic acids is 1. The van der Waals surface area contributed by atoms with Crippen molar-refractivity contribution in [3.05, 3.63) is 71.8 Å². The first kappa shape index (κ1) is 22.2. The van der Waals surface area contributed by atoms with E-state index in [1.807, 2.05) is 48.5 Å². The fraction of sp³-hybridized carbons (Fsp3) is 0.316. The summed E-state index contributed by atoms with van der Waals surface area (Å²) in [6.07, 6.45) is 0.572. The average molecular weight is 397 g/mol. The molecule has 1 amide bonds. The fourth-order valence-corrected chi connectivity index (χ4v) is 3.94. The lowest BCUT2D eigenvalue weighted by Crippen LogP contribution is -2.29. The van der Waals surface area contributed by atoms with Gasteiger partial charge in [0.25, 0.3) is 0 Å². The maximum absolute atomic E-state index is 12.1. The summed E-state index contributed by atoms with van der Waals surface area (Å²) in [5.74, 6) is -0.0927. The largest absolute Gasteiger partial charge is 0.356 e. The van der Waals surface area contributed by atoms with Gasteiger partial charge in [-0.3, -0.25) is 4.79 Å². The minimum atomic E-state index is -3.17. The maximum Gasteiger partial charge on any atom is 0.221 e. The Hall–Kier alpha value is -1.89. The highest BCUT2D eigenvalue weighted by Gasteiger charge is 2.13. The number of amides is 1. The summed E-state index contributed by atoms with van der Waals surface area (Å²) in [4.78, 5) is 11.9. The van der Waals surface area contributed by atoms with Gasteiger partial charge in [-0.25, -0.2) is 8.42 Å². The van der Waals surface area contributed by atoms with Crippen molar-refractivity contribution in [2.24, 2.45) is 5.73 Å². The van der Waals surface area contributed by atoms with Crippen LogP contribution in [0.4, 0.5) is 0 Å². The van der Waals surface area contributed by atoms with Crippen LogP contribution in [0.2, 0.25) is 0 Å². The first-order chi connectivity index (χ1) is 12.0. The number of rotatable bonds is 9. The zero-order valence-corrected chi connectivity index (χ0v) is 16.1. The van der Waals surface area contributed by atoms with E-state index < -0.39 is 9.84 Å². The molecule has 5 nitrogen and oxygen atoms in total. The van der Waals surface area contributed by atoms with Crippen molar-refractivity contribution >= 4 is 28.2 Å². The molecular formula is C19H25ClN2O3S. The molecule has 0 fully saturated rings. The molecule has 0 aromatic heterocycles. The molecule has 0 saturated carbocycles. The van der Waals surface area contributed by atoms with Gasteiger partial charge in [-0.1, -0.05) is 60.7 Å². The summed E-state index contributed by atoms with van der Waals surface area (Å²) >= 11 is 0. The molecule has 0 saturated heterocycles. The molecule has 1 unspecified atom stereocenters. The van der Waals surface area contributed by atoms with Crippen LogP contribution in [0.5, 0.6) is 0 Å². The summed E-state index contributed by atoms with van der Waals surface area (Å²) in [6, 6.07) is 18.1. The highest BCUT2D eigenvalue weighted by atomic mass is 35.5. The van der Waals surface area contributed by atoms with Gasteiger partial charge in [0.2, 0.25) is 5.91 Å². The first-order valence-corrected chi connectivity index (χ1v) is 10.1. The van der Waals surface area contributed by atoms with E-state index in [4.69, 9.17) is 5.73 Å². The van der Waals surface area contributed by atoms with Crippen LogP contribution in [-0.4, -0.2) is 26.6 Å². The van der Waals surface area contributed by atoms with Gasteiger partial charge in [-0.2, -0.15) is 0 Å². The van der Waals surface area contributed by atoms with Gasteiger partial charge in [-0.15, -0.1) is 12.4 Å². The Bertz CT molecular complexity index is 768. The Kier molecular flexibility index (Phi) is 9.34. The minimum absolute atomic E-state index is 0. The molecule has 0 aliphatic carbocycles. The SMILES string of the molecule is Cl.NC(CC(=O)NCCCS(=O)(=O)Cc1ccccc1)c1ccccc1. The van der Waals surface area contributed by atoms with Crippen molar-refractivity contribution < 1.29 is 13.2 Å². The molecule has 142 valence electrons. The molecule has 2 aromatic carbocycles. The number of nitrogens with one attached hydrogen (secondary N) is 1. The lowest BCUT2D eigenvalue weighted by Gasteiger charge is -2.12. The number of halogens is 1. The van der Waals surface area contributed by atoms with Crippen molar-refractivity contribution in [2.45, 2.75) is 24.6 Å². The molecule has 0 heterocycles. The number of carbonyl (C=O) groups is 1. The Morgan fingerprint density at radius 1 is 1.00 bits per heavy atom. The summed E-state index contributed by atoms with van der Waals surface area (Å²) < 4.78 is 24.1. The van der Waals surface area contributed by atoms with E-state index in [1.165, 1.54) is 0 Å². The second-order valence-corrected chi connectivity index (χ2v) is 8.19. The van der Waals surface area contributed by atoms with Crippen LogP contribution in [0.3, 0.4) is 0 Å². The third-order valence-electron chi connectivity index (χ3n) is 3.82. The number of nitrogens with two attached hydrogens (primary N) is 1. The van der Waals surface area contributed by atoms with Crippen LogP contribution in [-0.2, 0) is 20.4 Å². The van der Waals surface area contributed by atoms with E-state index in [9.17, 15) is 13.2 Å². The Morgan fingerprint density at radius 2 is 1.58 bits per heavy atom. The van der Waals surface area contributed by atoms with E-state index in [0.29, 0.717) is 13.0 Å². The van der Waals surface area contributed by atoms with E-state index in [-0.39, 0.29) is 42.3 Å². The summed E-state index contributed by atoms with van der Waals surface area (Å²) in [7, 11) is -3.17. The van der Waals surface area contributed by atoms with Crippen LogP contribution in [0.1, 0.15) is 30.0 Å². The van der Waals surface area contributed by atoms with Gasteiger partial charge >= 0.3 is 0 Å². The zero-order valence-electron chi connectivity index (χ0n) is 14.5. The highest BCUT2D eigenvalue weighted by molar-refractivity contribution is 7.90. The molecule has 2 aromatic rings. The Morgan fingerprint density at radius 3 is 2.19 bits per heavy atom. The van der Waals surface area contributed by atoms with Crippen LogP contribution in [0, 0.1) is 0 Å². The van der Waals surface area contributed by atoms with E-state index in [2.05, 4.69) is 5.32 Å². The average Bonchev–Trinajstić information content (AvgIpc) is 2.60. The predicted molar refractivity (Wildman–Crippen MR) is 107 cm³/mol. The van der Waals surface area contributed by atoms with Gasteiger partial charge in [-0.05, 0) is 17.5 Å². The second kappa shape index (κ2) is 11.0. The summed E-state index contributed by atoms with van der Waals surface area (Å²) in [5, 5.41) is 2.74. The minimum Gasteiger partial charge on any atom is -0.356 e. The van der Waals surface area contributed by atoms with Gasteiger partial charge in [0.1, 0.15) is 0 Å². The van der Waals surface area contributed by atoms with E-state index >= 15 is 0 Å². The molecule has 0 radical (unpaired) electrons. The van der Waals surface area contributed by atoms with Crippen LogP contribution in [0.15, 0.2) is 60.7 Å². The predicted octanol–water partition coefficient (Wildman–Crippen LogP) is 2.62. The third-order valence-corrected chi connectivity index (χ3v) is 5.50. The number of benzene rings is 2. The number of hydrogen-bond donors (Lipinski definition) is 2. The molecule has 26 heavy (non-hydrogen) atoms. The molecule has 7 heteroatoms. The number of sulfone groups is 1. The second-order valence-electron chi connectivity index (χ2n) is 6.00. The Balaban J connectivity index is 0.00000338. The third kappa shape index (κ3) is 7.99. The molecule has 2 rings (SSSR count). The monoisotopic (exact) mass is 396 g/mol. The molecule has 0 aliphatic heterocycles. The van der Waals surface area contributed by atoms with Crippen molar-refractivity contribution in [3.8, 4) is 0 Å². The maximum atomic E-state index is 12.1. The lowest BCUT2D eigenvalue weighted by atomic mass is 10.0. The van der Waals surface area contributed by atoms with E-state index in [1.54, 1.807) is 12.1 Å². The van der Waals surface area contributed by atoms with Gasteiger partial charge in [0.05, 0.1) is 11.5 Å². The lowest BCUT2D eigenvalue weighted by molar-refractivity contribution is -0.121. The van der Waals surface area contributed by atoms with Crippen LogP contribution < -0.4 is 11.1 Å². The molecule has 0 bridgehead atoms. The van der Waals surface area contributed by atoms with Crippen molar-refractivity contribution in [2.75, 3.05) is 12.3 Å². The van der Waals surface area contributed by atoms with Gasteiger partial charge in [0.15, 0.2) is 9.84 Å². The standard InChI is InChI=1S/C19H24N2O3S.ClH/c20-18(17-10-5-2-6-11-17)14-19(22)21-12-7-13-25(23,24)15-16-8-3-1-4-9-16;/h1-6,8-11,18H,7,12-15,20H2,(H,21,22);1H. The smallest absolute Gasteiger partial charge is 0.221 e. The number of hydrogen-bond acceptors (Lipinski definition) is 4. The normalized spacial score (nSPS) is 12.0. The van der Waals surface area contributed by atoms with Gasteiger partial charge < -0.3 is 11.1 Å². The highest BCUT2D eigenvalue weighted by Crippen LogP contribution is 2.13. The van der Waals surface area contributed by atoms with Crippen LogP contribution in [0.25, 0.3) is 0 Å². The van der Waals surface area contributed by atoms with Crippen molar-refractivity contribution in [1.82, 2.24) is 5.32 Å². The molecule has 1 atom stereocenters. The molecule has 3 N–H and O–H groups in total. The quantitative estimate of drug-likeness (QED) is 0.637. The first-order valence-electron chi connectivity index (χ1n) is 8.28. The molecule has 0 spiro atoms. The summed E-state index contributed by atoms with van der Waals surface area (Å²) in [6.45, 7) is 0.328.